The molecule has 0 atom stereocenters. The SMILES string of the molecule is CCCn1c2ccccc2c2cnn(CC(=O)N3CCN(Cc4ccccc4)CC3)c(=O)c21. The fourth-order valence-electron chi connectivity index (χ4n) is 4.79. The fraction of sp³-hybridized carbons (Fsp3) is 0.346. The molecular formula is C26H29N5O2. The maximum Gasteiger partial charge on any atom is 0.291 e. The lowest BCUT2D eigenvalue weighted by Crippen LogP contribution is -2.49. The third kappa shape index (κ3) is 4.16. The van der Waals surface area contributed by atoms with E-state index in [4.69, 9.17) is 0 Å². The second-order valence-corrected chi connectivity index (χ2v) is 8.68. The van der Waals surface area contributed by atoms with E-state index in [1.807, 2.05) is 35.2 Å². The van der Waals surface area contributed by atoms with Gasteiger partial charge in [0.15, 0.2) is 0 Å². The average Bonchev–Trinajstić information content (AvgIpc) is 3.16. The van der Waals surface area contributed by atoms with E-state index < -0.39 is 0 Å². The smallest absolute Gasteiger partial charge is 0.291 e. The first-order chi connectivity index (χ1) is 16.2. The van der Waals surface area contributed by atoms with Gasteiger partial charge in [0.05, 0.1) is 6.20 Å². The van der Waals surface area contributed by atoms with Crippen molar-refractivity contribution in [3.63, 3.8) is 0 Å². The Labute approximate surface area is 192 Å². The summed E-state index contributed by atoms with van der Waals surface area (Å²) in [6, 6.07) is 18.4. The summed E-state index contributed by atoms with van der Waals surface area (Å²) in [5.74, 6) is -0.0542. The molecule has 0 N–H and O–H groups in total. The molecule has 7 heteroatoms. The predicted molar refractivity (Wildman–Crippen MR) is 130 cm³/mol. The van der Waals surface area contributed by atoms with Crippen molar-refractivity contribution < 1.29 is 4.79 Å². The third-order valence-corrected chi connectivity index (χ3v) is 6.48. The van der Waals surface area contributed by atoms with Gasteiger partial charge in [0.2, 0.25) is 5.91 Å². The van der Waals surface area contributed by atoms with Gasteiger partial charge in [-0.15, -0.1) is 0 Å². The molecule has 1 saturated heterocycles. The second kappa shape index (κ2) is 9.19. The topological polar surface area (TPSA) is 63.4 Å². The summed E-state index contributed by atoms with van der Waals surface area (Å²) >= 11 is 0. The highest BCUT2D eigenvalue weighted by Crippen LogP contribution is 2.26. The molecule has 170 valence electrons. The number of para-hydroxylation sites is 1. The third-order valence-electron chi connectivity index (χ3n) is 6.48. The van der Waals surface area contributed by atoms with Gasteiger partial charge in [-0.1, -0.05) is 55.5 Å². The number of rotatable bonds is 6. The Hall–Kier alpha value is -3.45. The Balaban J connectivity index is 1.33. The first kappa shape index (κ1) is 21.4. The molecule has 7 nitrogen and oxygen atoms in total. The van der Waals surface area contributed by atoms with E-state index in [9.17, 15) is 9.59 Å². The highest BCUT2D eigenvalue weighted by molar-refractivity contribution is 6.07. The molecule has 5 rings (SSSR count). The summed E-state index contributed by atoms with van der Waals surface area (Å²) in [5, 5.41) is 6.24. The Morgan fingerprint density at radius 3 is 2.42 bits per heavy atom. The number of aromatic nitrogens is 3. The number of piperazine rings is 1. The van der Waals surface area contributed by atoms with Crippen LogP contribution in [0.2, 0.25) is 0 Å². The number of hydrogen-bond acceptors (Lipinski definition) is 4. The molecule has 3 heterocycles. The first-order valence-electron chi connectivity index (χ1n) is 11.7. The van der Waals surface area contributed by atoms with Crippen molar-refractivity contribution in [3.05, 3.63) is 76.7 Å². The zero-order chi connectivity index (χ0) is 22.8. The molecular weight excluding hydrogens is 414 g/mol. The standard InChI is InChI=1S/C26H29N5O2/c1-2-12-30-23-11-7-6-10-21(23)22-17-27-31(26(33)25(22)30)19-24(32)29-15-13-28(14-16-29)18-20-8-4-3-5-9-20/h3-11,17H,2,12-16,18-19H2,1H3. The van der Waals surface area contributed by atoms with Gasteiger partial charge in [0, 0.05) is 55.6 Å². The van der Waals surface area contributed by atoms with Crippen molar-refractivity contribution in [2.45, 2.75) is 33.0 Å². The lowest BCUT2D eigenvalue weighted by atomic mass is 10.2. The van der Waals surface area contributed by atoms with Crippen LogP contribution in [0.3, 0.4) is 0 Å². The maximum absolute atomic E-state index is 13.4. The number of carbonyl (C=O) groups excluding carboxylic acids is 1. The van der Waals surface area contributed by atoms with Crippen molar-refractivity contribution in [3.8, 4) is 0 Å². The molecule has 0 saturated carbocycles. The van der Waals surface area contributed by atoms with Crippen LogP contribution in [0, 0.1) is 0 Å². The Morgan fingerprint density at radius 2 is 1.67 bits per heavy atom. The number of aryl methyl sites for hydroxylation is 1. The summed E-state index contributed by atoms with van der Waals surface area (Å²) in [4.78, 5) is 30.6. The van der Waals surface area contributed by atoms with Crippen LogP contribution in [0.25, 0.3) is 21.8 Å². The molecule has 2 aromatic heterocycles. The van der Waals surface area contributed by atoms with E-state index in [1.165, 1.54) is 10.2 Å². The number of nitrogens with zero attached hydrogens (tertiary/aromatic N) is 5. The normalized spacial score (nSPS) is 14.9. The molecule has 0 unspecified atom stereocenters. The van der Waals surface area contributed by atoms with Crippen LogP contribution in [-0.4, -0.2) is 56.2 Å². The highest BCUT2D eigenvalue weighted by Gasteiger charge is 2.23. The van der Waals surface area contributed by atoms with Gasteiger partial charge in [-0.25, -0.2) is 4.68 Å². The number of benzene rings is 2. The fourth-order valence-corrected chi connectivity index (χ4v) is 4.79. The minimum absolute atomic E-state index is 0.0267. The molecule has 0 radical (unpaired) electrons. The van der Waals surface area contributed by atoms with Crippen LogP contribution in [0.1, 0.15) is 18.9 Å². The van der Waals surface area contributed by atoms with Gasteiger partial charge in [-0.05, 0) is 18.1 Å². The molecule has 33 heavy (non-hydrogen) atoms. The van der Waals surface area contributed by atoms with Crippen molar-refractivity contribution >= 4 is 27.7 Å². The van der Waals surface area contributed by atoms with Crippen LogP contribution >= 0.6 is 0 Å². The van der Waals surface area contributed by atoms with E-state index >= 15 is 0 Å². The zero-order valence-corrected chi connectivity index (χ0v) is 19.0. The minimum Gasteiger partial charge on any atom is -0.339 e. The molecule has 0 aliphatic carbocycles. The monoisotopic (exact) mass is 443 g/mol. The van der Waals surface area contributed by atoms with Gasteiger partial charge in [-0.2, -0.15) is 5.10 Å². The molecule has 0 spiro atoms. The second-order valence-electron chi connectivity index (χ2n) is 8.68. The summed E-state index contributed by atoms with van der Waals surface area (Å²) in [6.45, 7) is 6.70. The summed E-state index contributed by atoms with van der Waals surface area (Å²) in [7, 11) is 0. The van der Waals surface area contributed by atoms with Crippen LogP contribution < -0.4 is 5.56 Å². The zero-order valence-electron chi connectivity index (χ0n) is 19.0. The molecule has 2 aromatic carbocycles. The largest absolute Gasteiger partial charge is 0.339 e. The molecule has 1 aliphatic rings. The molecule has 1 aliphatic heterocycles. The Bertz CT molecular complexity index is 1330. The Morgan fingerprint density at radius 1 is 0.939 bits per heavy atom. The van der Waals surface area contributed by atoms with E-state index in [-0.39, 0.29) is 18.0 Å². The Kier molecular flexibility index (Phi) is 5.96. The highest BCUT2D eigenvalue weighted by atomic mass is 16.2. The number of fused-ring (bicyclic) bond motifs is 3. The molecule has 4 aromatic rings. The van der Waals surface area contributed by atoms with Gasteiger partial charge in [-0.3, -0.25) is 14.5 Å². The summed E-state index contributed by atoms with van der Waals surface area (Å²) < 4.78 is 3.39. The van der Waals surface area contributed by atoms with Crippen molar-refractivity contribution in [2.75, 3.05) is 26.2 Å². The summed E-state index contributed by atoms with van der Waals surface area (Å²) in [5.41, 5.74) is 2.75. The van der Waals surface area contributed by atoms with Crippen molar-refractivity contribution in [1.29, 1.82) is 0 Å². The molecule has 1 fully saturated rings. The van der Waals surface area contributed by atoms with E-state index in [0.717, 1.165) is 48.9 Å². The quantitative estimate of drug-likeness (QED) is 0.459. The summed E-state index contributed by atoms with van der Waals surface area (Å²) in [6.07, 6.45) is 2.65. The number of amides is 1. The lowest BCUT2D eigenvalue weighted by molar-refractivity contribution is -0.133. The molecule has 0 bridgehead atoms. The van der Waals surface area contributed by atoms with Gasteiger partial charge in [0.25, 0.3) is 5.56 Å². The van der Waals surface area contributed by atoms with Crippen LogP contribution in [0.15, 0.2) is 65.6 Å². The predicted octanol–water partition coefficient (Wildman–Crippen LogP) is 3.11. The van der Waals surface area contributed by atoms with E-state index in [1.54, 1.807) is 6.20 Å². The van der Waals surface area contributed by atoms with Crippen molar-refractivity contribution in [1.82, 2.24) is 24.1 Å². The first-order valence-corrected chi connectivity index (χ1v) is 11.7. The van der Waals surface area contributed by atoms with Crippen LogP contribution in [-0.2, 0) is 24.4 Å². The molecule has 1 amide bonds. The lowest BCUT2D eigenvalue weighted by Gasteiger charge is -2.34. The van der Waals surface area contributed by atoms with Gasteiger partial charge >= 0.3 is 0 Å². The maximum atomic E-state index is 13.4. The van der Waals surface area contributed by atoms with Gasteiger partial charge in [0.1, 0.15) is 12.1 Å². The number of hydrogen-bond donors (Lipinski definition) is 0. The number of carbonyl (C=O) groups is 1. The van der Waals surface area contributed by atoms with E-state index in [0.29, 0.717) is 18.6 Å². The minimum atomic E-state index is -0.201. The van der Waals surface area contributed by atoms with Crippen LogP contribution in [0.5, 0.6) is 0 Å². The van der Waals surface area contributed by atoms with E-state index in [2.05, 4.69) is 45.8 Å². The van der Waals surface area contributed by atoms with Crippen LogP contribution in [0.4, 0.5) is 0 Å². The van der Waals surface area contributed by atoms with Gasteiger partial charge < -0.3 is 9.47 Å². The van der Waals surface area contributed by atoms with Crippen molar-refractivity contribution in [2.24, 2.45) is 0 Å². The average molecular weight is 444 g/mol.